The van der Waals surface area contributed by atoms with Crippen molar-refractivity contribution in [2.75, 3.05) is 19.0 Å². The standard InChI is InChI=1S/C15H18N4O2/c1-21-15(20)13-6-9-17-19(13)10-7-12-5-4-11-3-2-8-16-14(11)18-12/h4-6,9H,2-3,7-8,10H2,1H3,(H,16,18). The molecule has 3 rings (SSSR count). The summed E-state index contributed by atoms with van der Waals surface area (Å²) in [6.07, 6.45) is 4.57. The number of ether oxygens (including phenoxy) is 1. The maximum absolute atomic E-state index is 11.6. The van der Waals surface area contributed by atoms with Gasteiger partial charge in [0.05, 0.1) is 7.11 Å². The molecule has 0 radical (unpaired) electrons. The zero-order valence-corrected chi connectivity index (χ0v) is 12.0. The summed E-state index contributed by atoms with van der Waals surface area (Å²) in [7, 11) is 1.37. The van der Waals surface area contributed by atoms with Crippen LogP contribution >= 0.6 is 0 Å². The Morgan fingerprint density at radius 1 is 1.43 bits per heavy atom. The van der Waals surface area contributed by atoms with Crippen molar-refractivity contribution in [3.05, 3.63) is 41.3 Å². The fourth-order valence-electron chi connectivity index (χ4n) is 2.52. The maximum Gasteiger partial charge on any atom is 0.356 e. The number of hydrogen-bond acceptors (Lipinski definition) is 5. The predicted octanol–water partition coefficient (Wildman–Crippen LogP) is 1.67. The van der Waals surface area contributed by atoms with Crippen LogP contribution in [-0.4, -0.2) is 34.4 Å². The van der Waals surface area contributed by atoms with E-state index in [2.05, 4.69) is 21.5 Å². The van der Waals surface area contributed by atoms with Crippen molar-refractivity contribution in [2.24, 2.45) is 0 Å². The van der Waals surface area contributed by atoms with Crippen molar-refractivity contribution in [3.8, 4) is 0 Å². The van der Waals surface area contributed by atoms with Crippen LogP contribution in [0.5, 0.6) is 0 Å². The van der Waals surface area contributed by atoms with Gasteiger partial charge in [0, 0.05) is 31.4 Å². The van der Waals surface area contributed by atoms with Crippen LogP contribution in [0.3, 0.4) is 0 Å². The molecular weight excluding hydrogens is 268 g/mol. The summed E-state index contributed by atoms with van der Waals surface area (Å²) in [5.41, 5.74) is 2.74. The first-order chi connectivity index (χ1) is 10.3. The summed E-state index contributed by atoms with van der Waals surface area (Å²) in [5.74, 6) is 0.625. The lowest BCUT2D eigenvalue weighted by Crippen LogP contribution is -2.16. The summed E-state index contributed by atoms with van der Waals surface area (Å²) < 4.78 is 6.39. The molecule has 1 aliphatic heterocycles. The number of methoxy groups -OCH3 is 1. The second-order valence-corrected chi connectivity index (χ2v) is 5.02. The molecule has 6 nitrogen and oxygen atoms in total. The number of aromatic nitrogens is 3. The minimum atomic E-state index is -0.368. The Morgan fingerprint density at radius 3 is 3.19 bits per heavy atom. The first-order valence-electron chi connectivity index (χ1n) is 7.11. The molecule has 1 aliphatic rings. The normalized spacial score (nSPS) is 13.4. The fourth-order valence-corrected chi connectivity index (χ4v) is 2.52. The van der Waals surface area contributed by atoms with Gasteiger partial charge in [0.15, 0.2) is 0 Å². The number of carbonyl (C=O) groups is 1. The molecule has 0 aliphatic carbocycles. The van der Waals surface area contributed by atoms with Gasteiger partial charge in [0.1, 0.15) is 11.5 Å². The van der Waals surface area contributed by atoms with Crippen LogP contribution in [0.2, 0.25) is 0 Å². The molecule has 6 heteroatoms. The Labute approximate surface area is 123 Å². The van der Waals surface area contributed by atoms with Gasteiger partial charge in [0.2, 0.25) is 0 Å². The summed E-state index contributed by atoms with van der Waals surface area (Å²) in [6, 6.07) is 5.84. The minimum absolute atomic E-state index is 0.368. The van der Waals surface area contributed by atoms with Crippen molar-refractivity contribution < 1.29 is 9.53 Å². The number of carbonyl (C=O) groups excluding carboxylic acids is 1. The number of nitrogens with one attached hydrogen (secondary N) is 1. The number of esters is 1. The second kappa shape index (κ2) is 5.95. The summed E-state index contributed by atoms with van der Waals surface area (Å²) in [6.45, 7) is 1.58. The van der Waals surface area contributed by atoms with Crippen molar-refractivity contribution in [3.63, 3.8) is 0 Å². The number of anilines is 1. The van der Waals surface area contributed by atoms with Gasteiger partial charge in [-0.3, -0.25) is 4.68 Å². The quantitative estimate of drug-likeness (QED) is 0.866. The van der Waals surface area contributed by atoms with Gasteiger partial charge in [-0.15, -0.1) is 0 Å². The largest absolute Gasteiger partial charge is 0.464 e. The first-order valence-corrected chi connectivity index (χ1v) is 7.11. The number of pyridine rings is 1. The Kier molecular flexibility index (Phi) is 3.85. The molecule has 0 fully saturated rings. The summed E-state index contributed by atoms with van der Waals surface area (Å²) in [4.78, 5) is 16.2. The average Bonchev–Trinajstić information content (AvgIpc) is 3.00. The lowest BCUT2D eigenvalue weighted by Gasteiger charge is -2.17. The molecule has 3 heterocycles. The van der Waals surface area contributed by atoms with Gasteiger partial charge >= 0.3 is 5.97 Å². The number of fused-ring (bicyclic) bond motifs is 1. The number of nitrogens with zero attached hydrogens (tertiary/aromatic N) is 3. The summed E-state index contributed by atoms with van der Waals surface area (Å²) in [5, 5.41) is 7.49. The Hall–Kier alpha value is -2.37. The van der Waals surface area contributed by atoms with Crippen LogP contribution in [-0.2, 0) is 24.1 Å². The van der Waals surface area contributed by atoms with Crippen LogP contribution in [0.4, 0.5) is 5.82 Å². The molecule has 2 aromatic heterocycles. The van der Waals surface area contributed by atoms with Crippen LogP contribution < -0.4 is 5.32 Å². The highest BCUT2D eigenvalue weighted by molar-refractivity contribution is 5.87. The lowest BCUT2D eigenvalue weighted by atomic mass is 10.1. The van der Waals surface area contributed by atoms with E-state index in [1.807, 2.05) is 6.07 Å². The highest BCUT2D eigenvalue weighted by Gasteiger charge is 2.13. The van der Waals surface area contributed by atoms with Crippen molar-refractivity contribution >= 4 is 11.8 Å². The van der Waals surface area contributed by atoms with Gasteiger partial charge in [-0.1, -0.05) is 6.07 Å². The third-order valence-electron chi connectivity index (χ3n) is 3.64. The molecule has 0 saturated heterocycles. The van der Waals surface area contributed by atoms with Gasteiger partial charge < -0.3 is 10.1 Å². The Bertz CT molecular complexity index is 651. The highest BCUT2D eigenvalue weighted by Crippen LogP contribution is 2.20. The van der Waals surface area contributed by atoms with E-state index < -0.39 is 0 Å². The highest BCUT2D eigenvalue weighted by atomic mass is 16.5. The maximum atomic E-state index is 11.6. The monoisotopic (exact) mass is 286 g/mol. The van der Waals surface area contributed by atoms with E-state index in [0.29, 0.717) is 12.2 Å². The van der Waals surface area contributed by atoms with E-state index in [9.17, 15) is 4.79 Å². The Morgan fingerprint density at radius 2 is 2.33 bits per heavy atom. The van der Waals surface area contributed by atoms with Crippen molar-refractivity contribution in [2.45, 2.75) is 25.8 Å². The third-order valence-corrected chi connectivity index (χ3v) is 3.64. The van der Waals surface area contributed by atoms with Gasteiger partial charge in [-0.25, -0.2) is 9.78 Å². The number of hydrogen-bond donors (Lipinski definition) is 1. The molecule has 0 unspecified atom stereocenters. The second-order valence-electron chi connectivity index (χ2n) is 5.02. The van der Waals surface area contributed by atoms with Crippen LogP contribution in [0.15, 0.2) is 24.4 Å². The Balaban J connectivity index is 1.71. The van der Waals surface area contributed by atoms with Crippen LogP contribution in [0.1, 0.15) is 28.2 Å². The first kappa shape index (κ1) is 13.6. The molecule has 2 aromatic rings. The SMILES string of the molecule is COC(=O)c1ccnn1CCc1ccc2c(n1)NCCC2. The molecule has 110 valence electrons. The minimum Gasteiger partial charge on any atom is -0.464 e. The molecule has 0 aromatic carbocycles. The molecule has 0 saturated carbocycles. The van der Waals surface area contributed by atoms with E-state index >= 15 is 0 Å². The number of aryl methyl sites for hydroxylation is 3. The average molecular weight is 286 g/mol. The van der Waals surface area contributed by atoms with E-state index in [0.717, 1.165) is 37.3 Å². The van der Waals surface area contributed by atoms with E-state index in [1.165, 1.54) is 12.7 Å². The molecule has 0 spiro atoms. The summed E-state index contributed by atoms with van der Waals surface area (Å²) >= 11 is 0. The molecule has 0 bridgehead atoms. The molecular formula is C15H18N4O2. The van der Waals surface area contributed by atoms with E-state index in [-0.39, 0.29) is 5.97 Å². The zero-order chi connectivity index (χ0) is 14.7. The fraction of sp³-hybridized carbons (Fsp3) is 0.400. The van der Waals surface area contributed by atoms with Crippen LogP contribution in [0, 0.1) is 0 Å². The van der Waals surface area contributed by atoms with Crippen molar-refractivity contribution in [1.29, 1.82) is 0 Å². The van der Waals surface area contributed by atoms with E-state index in [4.69, 9.17) is 4.74 Å². The molecule has 0 amide bonds. The molecule has 0 atom stereocenters. The zero-order valence-electron chi connectivity index (χ0n) is 12.0. The van der Waals surface area contributed by atoms with Gasteiger partial charge in [-0.05, 0) is 30.5 Å². The lowest BCUT2D eigenvalue weighted by molar-refractivity contribution is 0.0586. The molecule has 1 N–H and O–H groups in total. The van der Waals surface area contributed by atoms with Crippen molar-refractivity contribution in [1.82, 2.24) is 14.8 Å². The predicted molar refractivity (Wildman–Crippen MR) is 78.3 cm³/mol. The van der Waals surface area contributed by atoms with Gasteiger partial charge in [0.25, 0.3) is 0 Å². The molecule has 21 heavy (non-hydrogen) atoms. The van der Waals surface area contributed by atoms with E-state index in [1.54, 1.807) is 16.9 Å². The number of rotatable bonds is 4. The smallest absolute Gasteiger partial charge is 0.356 e. The van der Waals surface area contributed by atoms with Gasteiger partial charge in [-0.2, -0.15) is 5.10 Å². The van der Waals surface area contributed by atoms with Crippen LogP contribution in [0.25, 0.3) is 0 Å². The third kappa shape index (κ3) is 2.89. The topological polar surface area (TPSA) is 69.0 Å².